The molecular weight excluding hydrogens is 412 g/mol. The van der Waals surface area contributed by atoms with E-state index in [9.17, 15) is 14.7 Å². The Bertz CT molecular complexity index is 1160. The minimum Gasteiger partial charge on any atom is -0.394 e. The summed E-state index contributed by atoms with van der Waals surface area (Å²) >= 11 is 0. The summed E-state index contributed by atoms with van der Waals surface area (Å²) in [6, 6.07) is 27.1. The maximum atomic E-state index is 12.9. The lowest BCUT2D eigenvalue weighted by molar-refractivity contribution is -0.159. The Kier molecular flexibility index (Phi) is 5.80. The molecule has 1 N–H and O–H groups in total. The third kappa shape index (κ3) is 4.08. The van der Waals surface area contributed by atoms with E-state index in [4.69, 9.17) is 0 Å². The first-order valence-electron chi connectivity index (χ1n) is 11.2. The Morgan fingerprint density at radius 1 is 0.879 bits per heavy atom. The first-order valence-corrected chi connectivity index (χ1v) is 11.2. The third-order valence-electron chi connectivity index (χ3n) is 6.65. The van der Waals surface area contributed by atoms with Crippen molar-refractivity contribution in [1.82, 2.24) is 9.80 Å². The summed E-state index contributed by atoms with van der Waals surface area (Å²) in [7, 11) is 0. The fourth-order valence-corrected chi connectivity index (χ4v) is 5.00. The fraction of sp³-hybridized carbons (Fsp3) is 0.214. The molecule has 5 rings (SSSR count). The molecule has 5 heteroatoms. The predicted octanol–water partition coefficient (Wildman–Crippen LogP) is 3.67. The van der Waals surface area contributed by atoms with Gasteiger partial charge in [-0.05, 0) is 28.8 Å². The maximum absolute atomic E-state index is 12.9. The Morgan fingerprint density at radius 3 is 2.12 bits per heavy atom. The fourth-order valence-electron chi connectivity index (χ4n) is 5.00. The van der Waals surface area contributed by atoms with E-state index in [0.29, 0.717) is 12.1 Å². The average Bonchev–Trinajstić information content (AvgIpc) is 2.85. The highest BCUT2D eigenvalue weighted by Gasteiger charge is 2.54. The molecule has 0 spiro atoms. The molecule has 2 amide bonds. The number of nitrogens with zero attached hydrogens (tertiary/aromatic N) is 2. The highest BCUT2D eigenvalue weighted by Crippen LogP contribution is 2.43. The second kappa shape index (κ2) is 9.04. The van der Waals surface area contributed by atoms with Crippen molar-refractivity contribution in [1.29, 1.82) is 0 Å². The van der Waals surface area contributed by atoms with Crippen molar-refractivity contribution in [2.24, 2.45) is 0 Å². The minimum atomic E-state index is -0.248. The van der Waals surface area contributed by atoms with E-state index in [-0.39, 0.29) is 43.0 Å². The van der Waals surface area contributed by atoms with E-state index in [2.05, 4.69) is 48.6 Å². The van der Waals surface area contributed by atoms with E-state index in [1.807, 2.05) is 36.4 Å². The zero-order valence-corrected chi connectivity index (χ0v) is 18.2. The van der Waals surface area contributed by atoms with Gasteiger partial charge >= 0.3 is 0 Å². The number of aliphatic hydroxyl groups excluding tert-OH is 1. The molecule has 0 aliphatic carbocycles. The van der Waals surface area contributed by atoms with Gasteiger partial charge in [0.25, 0.3) is 5.91 Å². The molecule has 0 saturated carbocycles. The Balaban J connectivity index is 1.34. The Morgan fingerprint density at radius 2 is 1.48 bits per heavy atom. The molecule has 33 heavy (non-hydrogen) atoms. The molecule has 3 aromatic rings. The SMILES string of the molecule is O=C(c1ccccc1)N1CC(=O)N2[C@H](C1)[C@H](c1ccc(/C=C/c3ccccc3)cc1)[C@@H]2CO. The molecule has 5 nitrogen and oxygen atoms in total. The molecule has 3 aromatic carbocycles. The second-order valence-corrected chi connectivity index (χ2v) is 8.61. The summed E-state index contributed by atoms with van der Waals surface area (Å²) in [5.41, 5.74) is 3.89. The monoisotopic (exact) mass is 438 g/mol. The van der Waals surface area contributed by atoms with Crippen LogP contribution < -0.4 is 0 Å². The average molecular weight is 439 g/mol. The van der Waals surface area contributed by atoms with E-state index in [1.54, 1.807) is 21.9 Å². The van der Waals surface area contributed by atoms with Crippen LogP contribution in [0, 0.1) is 0 Å². The van der Waals surface area contributed by atoms with Crippen molar-refractivity contribution < 1.29 is 14.7 Å². The second-order valence-electron chi connectivity index (χ2n) is 8.61. The van der Waals surface area contributed by atoms with Gasteiger partial charge in [-0.2, -0.15) is 0 Å². The van der Waals surface area contributed by atoms with E-state index in [1.165, 1.54) is 0 Å². The van der Waals surface area contributed by atoms with Crippen LogP contribution in [0.25, 0.3) is 12.2 Å². The Labute approximate surface area is 193 Å². The van der Waals surface area contributed by atoms with Gasteiger partial charge < -0.3 is 14.9 Å². The topological polar surface area (TPSA) is 60.9 Å². The highest BCUT2D eigenvalue weighted by atomic mass is 16.3. The van der Waals surface area contributed by atoms with Gasteiger partial charge in [-0.25, -0.2) is 0 Å². The van der Waals surface area contributed by atoms with Crippen molar-refractivity contribution in [2.45, 2.75) is 18.0 Å². The van der Waals surface area contributed by atoms with Crippen LogP contribution >= 0.6 is 0 Å². The van der Waals surface area contributed by atoms with Gasteiger partial charge in [0, 0.05) is 18.0 Å². The number of carbonyl (C=O) groups excluding carboxylic acids is 2. The largest absolute Gasteiger partial charge is 0.394 e. The number of benzene rings is 3. The van der Waals surface area contributed by atoms with Crippen LogP contribution in [-0.4, -0.2) is 58.5 Å². The van der Waals surface area contributed by atoms with Gasteiger partial charge in [-0.3, -0.25) is 9.59 Å². The van der Waals surface area contributed by atoms with Crippen molar-refractivity contribution in [3.63, 3.8) is 0 Å². The molecule has 0 aromatic heterocycles. The van der Waals surface area contributed by atoms with Crippen molar-refractivity contribution in [2.75, 3.05) is 19.7 Å². The van der Waals surface area contributed by atoms with Gasteiger partial charge in [-0.1, -0.05) is 84.9 Å². The number of piperazine rings is 1. The highest BCUT2D eigenvalue weighted by molar-refractivity contribution is 5.97. The number of hydrogen-bond acceptors (Lipinski definition) is 3. The normalized spacial score (nSPS) is 22.2. The minimum absolute atomic E-state index is 0.00234. The number of aliphatic hydroxyl groups is 1. The van der Waals surface area contributed by atoms with Gasteiger partial charge in [0.1, 0.15) is 6.54 Å². The number of carbonyl (C=O) groups is 2. The van der Waals surface area contributed by atoms with Crippen LogP contribution in [0.1, 0.15) is 33.0 Å². The summed E-state index contributed by atoms with van der Waals surface area (Å²) in [5.74, 6) is -0.234. The van der Waals surface area contributed by atoms with Crippen LogP contribution in [-0.2, 0) is 4.79 Å². The first-order chi connectivity index (χ1) is 16.2. The van der Waals surface area contributed by atoms with E-state index >= 15 is 0 Å². The van der Waals surface area contributed by atoms with Crippen molar-refractivity contribution >= 4 is 24.0 Å². The summed E-state index contributed by atoms with van der Waals surface area (Å²) in [6.45, 7) is 0.433. The molecule has 2 aliphatic rings. The van der Waals surface area contributed by atoms with Gasteiger partial charge in [-0.15, -0.1) is 0 Å². The lowest BCUT2D eigenvalue weighted by Gasteiger charge is -2.58. The quantitative estimate of drug-likeness (QED) is 0.619. The standard InChI is InChI=1S/C28H26N2O3/c31-19-25-27(22-15-13-21(14-16-22)12-11-20-7-3-1-4-8-20)24-17-29(18-26(32)30(24)25)28(33)23-9-5-2-6-10-23/h1-16,24-25,27,31H,17-19H2/b12-11+/t24-,25+,27+/m1/s1. The summed E-state index contributed by atoms with van der Waals surface area (Å²) in [6.07, 6.45) is 4.14. The molecule has 2 fully saturated rings. The van der Waals surface area contributed by atoms with Gasteiger partial charge in [0.2, 0.25) is 5.91 Å². The summed E-state index contributed by atoms with van der Waals surface area (Å²) in [5, 5.41) is 10.0. The molecule has 0 unspecified atom stereocenters. The molecular formula is C28H26N2O3. The number of hydrogen-bond donors (Lipinski definition) is 1. The molecule has 2 aliphatic heterocycles. The van der Waals surface area contributed by atoms with Crippen LogP contribution in [0.4, 0.5) is 0 Å². The molecule has 166 valence electrons. The first kappa shape index (κ1) is 21.2. The van der Waals surface area contributed by atoms with Crippen molar-refractivity contribution in [3.8, 4) is 0 Å². The number of rotatable bonds is 5. The summed E-state index contributed by atoms with van der Waals surface area (Å²) < 4.78 is 0. The Hall–Kier alpha value is -3.70. The van der Waals surface area contributed by atoms with Crippen molar-refractivity contribution in [3.05, 3.63) is 107 Å². The third-order valence-corrected chi connectivity index (χ3v) is 6.65. The van der Waals surface area contributed by atoms with Crippen LogP contribution in [0.3, 0.4) is 0 Å². The van der Waals surface area contributed by atoms with E-state index < -0.39 is 0 Å². The summed E-state index contributed by atoms with van der Waals surface area (Å²) in [4.78, 5) is 29.2. The zero-order chi connectivity index (χ0) is 22.8. The lowest BCUT2D eigenvalue weighted by atomic mass is 9.73. The van der Waals surface area contributed by atoms with Crippen LogP contribution in [0.15, 0.2) is 84.9 Å². The van der Waals surface area contributed by atoms with Gasteiger partial charge in [0.15, 0.2) is 0 Å². The molecule has 2 saturated heterocycles. The van der Waals surface area contributed by atoms with Crippen LogP contribution in [0.5, 0.6) is 0 Å². The maximum Gasteiger partial charge on any atom is 0.254 e. The molecule has 0 radical (unpaired) electrons. The predicted molar refractivity (Wildman–Crippen MR) is 128 cm³/mol. The van der Waals surface area contributed by atoms with E-state index in [0.717, 1.165) is 16.7 Å². The molecule has 3 atom stereocenters. The van der Waals surface area contributed by atoms with Crippen LogP contribution in [0.2, 0.25) is 0 Å². The lowest BCUT2D eigenvalue weighted by Crippen LogP contribution is -2.73. The smallest absolute Gasteiger partial charge is 0.254 e. The molecule has 0 bridgehead atoms. The molecule has 2 heterocycles. The van der Waals surface area contributed by atoms with Gasteiger partial charge in [0.05, 0.1) is 18.7 Å². The zero-order valence-electron chi connectivity index (χ0n) is 18.2. The number of amides is 2. The number of fused-ring (bicyclic) bond motifs is 1.